The van der Waals surface area contributed by atoms with Crippen LogP contribution in [0.5, 0.6) is 0 Å². The minimum absolute atomic E-state index is 0.0690. The predicted octanol–water partition coefficient (Wildman–Crippen LogP) is 6.30. The third-order valence-electron chi connectivity index (χ3n) is 10.2. The number of nitro benzene ring substituents is 1. The lowest BCUT2D eigenvalue weighted by Gasteiger charge is -2.48. The maximum Gasteiger partial charge on any atom is 0.289 e. The first-order chi connectivity index (χ1) is 22.0. The van der Waals surface area contributed by atoms with Crippen molar-refractivity contribution in [3.05, 3.63) is 99.7 Å². The van der Waals surface area contributed by atoms with Gasteiger partial charge in [-0.3, -0.25) is 10.1 Å². The van der Waals surface area contributed by atoms with Crippen molar-refractivity contribution in [3.8, 4) is 0 Å². The molecule has 2 fully saturated rings. The highest BCUT2D eigenvalue weighted by Gasteiger charge is 2.51. The van der Waals surface area contributed by atoms with Crippen LogP contribution in [0.2, 0.25) is 0 Å². The summed E-state index contributed by atoms with van der Waals surface area (Å²) < 4.78 is 66.9. The van der Waals surface area contributed by atoms with Crippen LogP contribution in [0.3, 0.4) is 0 Å². The van der Waals surface area contributed by atoms with Gasteiger partial charge in [-0.1, -0.05) is 67.3 Å². The molecule has 0 radical (unpaired) electrons. The largest absolute Gasteiger partial charge is 0.378 e. The number of sulfonamides is 1. The quantitative estimate of drug-likeness (QED) is 0.175. The van der Waals surface area contributed by atoms with Gasteiger partial charge in [0, 0.05) is 30.0 Å². The second kappa shape index (κ2) is 11.6. The van der Waals surface area contributed by atoms with Crippen molar-refractivity contribution in [2.45, 2.75) is 79.7 Å². The fourth-order valence-corrected chi connectivity index (χ4v) is 11.2. The number of para-hydroxylation sites is 2. The Kier molecular flexibility index (Phi) is 7.82. The summed E-state index contributed by atoms with van der Waals surface area (Å²) >= 11 is 0. The number of benzene rings is 3. The Bertz CT molecular complexity index is 2030. The van der Waals surface area contributed by atoms with E-state index >= 15 is 0 Å². The van der Waals surface area contributed by atoms with E-state index in [1.807, 2.05) is 19.1 Å². The van der Waals surface area contributed by atoms with Crippen LogP contribution in [-0.4, -0.2) is 49.3 Å². The van der Waals surface area contributed by atoms with Crippen LogP contribution in [-0.2, 0) is 36.7 Å². The molecule has 242 valence electrons. The third-order valence-corrected chi connectivity index (χ3v) is 13.8. The number of ether oxygens (including phenoxy) is 1. The first kappa shape index (κ1) is 31.0. The molecule has 12 heteroatoms. The van der Waals surface area contributed by atoms with Gasteiger partial charge < -0.3 is 4.74 Å². The minimum Gasteiger partial charge on any atom is -0.378 e. The van der Waals surface area contributed by atoms with Gasteiger partial charge in [-0.25, -0.2) is 20.8 Å². The molecule has 1 saturated carbocycles. The highest BCUT2D eigenvalue weighted by Crippen LogP contribution is 2.51. The SMILES string of the molecule is Cc1ccc(S(=O)(=O)n2c3c(c4ccccc42)C2(CCOC(C4CCCCC4)C2)CN(S(=O)(=O)c2ccccc2[N+](=O)[O-])C3)cc1. The zero-order chi connectivity index (χ0) is 32.3. The summed E-state index contributed by atoms with van der Waals surface area (Å²) in [5, 5.41) is 12.7. The zero-order valence-electron chi connectivity index (χ0n) is 25.7. The molecule has 1 saturated heterocycles. The van der Waals surface area contributed by atoms with Gasteiger partial charge in [-0.15, -0.1) is 0 Å². The number of aryl methyl sites for hydroxylation is 1. The lowest BCUT2D eigenvalue weighted by molar-refractivity contribution is -0.387. The van der Waals surface area contributed by atoms with Gasteiger partial charge in [-0.2, -0.15) is 4.31 Å². The van der Waals surface area contributed by atoms with Gasteiger partial charge >= 0.3 is 0 Å². The molecule has 2 unspecified atom stereocenters. The highest BCUT2D eigenvalue weighted by molar-refractivity contribution is 7.90. The van der Waals surface area contributed by atoms with Crippen molar-refractivity contribution in [3.63, 3.8) is 0 Å². The highest BCUT2D eigenvalue weighted by atomic mass is 32.2. The van der Waals surface area contributed by atoms with Gasteiger partial charge in [-0.05, 0) is 68.4 Å². The Hall–Kier alpha value is -3.58. The molecule has 7 rings (SSSR count). The van der Waals surface area contributed by atoms with Crippen LogP contribution in [0.1, 0.15) is 61.8 Å². The smallest absolute Gasteiger partial charge is 0.289 e. The second-order valence-corrected chi connectivity index (χ2v) is 16.7. The average molecular weight is 664 g/mol. The maximum atomic E-state index is 14.5. The van der Waals surface area contributed by atoms with E-state index in [1.165, 1.54) is 39.0 Å². The number of fused-ring (bicyclic) bond motifs is 4. The molecule has 46 heavy (non-hydrogen) atoms. The number of nitro groups is 1. The Morgan fingerprint density at radius 3 is 2.33 bits per heavy atom. The summed E-state index contributed by atoms with van der Waals surface area (Å²) in [6.45, 7) is 2.11. The molecule has 3 aromatic carbocycles. The molecule has 2 aliphatic heterocycles. The van der Waals surface area contributed by atoms with E-state index in [9.17, 15) is 26.9 Å². The molecule has 1 spiro atoms. The minimum atomic E-state index is -4.43. The molecular weight excluding hydrogens is 627 g/mol. The number of hydrogen-bond donors (Lipinski definition) is 0. The van der Waals surface area contributed by atoms with Crippen LogP contribution in [0.25, 0.3) is 10.9 Å². The molecule has 4 aromatic rings. The van der Waals surface area contributed by atoms with E-state index in [-0.39, 0.29) is 24.1 Å². The van der Waals surface area contributed by atoms with Crippen LogP contribution in [0, 0.1) is 23.0 Å². The van der Waals surface area contributed by atoms with Crippen LogP contribution in [0.4, 0.5) is 5.69 Å². The Morgan fingerprint density at radius 1 is 0.891 bits per heavy atom. The van der Waals surface area contributed by atoms with Crippen LogP contribution in [0.15, 0.2) is 82.6 Å². The maximum absolute atomic E-state index is 14.5. The molecular formula is C34H37N3O7S2. The van der Waals surface area contributed by atoms with E-state index in [2.05, 4.69) is 0 Å². The van der Waals surface area contributed by atoms with Crippen molar-refractivity contribution >= 4 is 36.6 Å². The Morgan fingerprint density at radius 2 is 1.59 bits per heavy atom. The normalized spacial score (nSPS) is 23.0. The van der Waals surface area contributed by atoms with Crippen LogP contribution >= 0.6 is 0 Å². The average Bonchev–Trinajstić information content (AvgIpc) is 3.41. The van der Waals surface area contributed by atoms with Gasteiger partial charge in [0.25, 0.3) is 15.7 Å². The summed E-state index contributed by atoms with van der Waals surface area (Å²) in [6.07, 6.45) is 6.42. The second-order valence-electron chi connectivity index (χ2n) is 13.0. The predicted molar refractivity (Wildman–Crippen MR) is 174 cm³/mol. The molecule has 3 heterocycles. The molecule has 10 nitrogen and oxygen atoms in total. The molecule has 0 bridgehead atoms. The number of rotatable bonds is 6. The first-order valence-corrected chi connectivity index (χ1v) is 18.7. The summed E-state index contributed by atoms with van der Waals surface area (Å²) in [5.74, 6) is 0.334. The number of nitrogens with zero attached hydrogens (tertiary/aromatic N) is 3. The first-order valence-electron chi connectivity index (χ1n) is 15.8. The van der Waals surface area contributed by atoms with E-state index < -0.39 is 41.0 Å². The van der Waals surface area contributed by atoms with Crippen molar-refractivity contribution in [2.75, 3.05) is 13.2 Å². The molecule has 0 amide bonds. The van der Waals surface area contributed by atoms with Gasteiger partial charge in [0.05, 0.1) is 33.7 Å². The van der Waals surface area contributed by atoms with Gasteiger partial charge in [0.15, 0.2) is 4.90 Å². The molecule has 3 aliphatic rings. The van der Waals surface area contributed by atoms with E-state index in [1.54, 1.807) is 36.4 Å². The summed E-state index contributed by atoms with van der Waals surface area (Å²) in [4.78, 5) is 11.0. The van der Waals surface area contributed by atoms with E-state index in [4.69, 9.17) is 4.74 Å². The topological polar surface area (TPSA) is 129 Å². The number of hydrogen-bond acceptors (Lipinski definition) is 7. The molecule has 1 aromatic heterocycles. The fraction of sp³-hybridized carbons (Fsp3) is 0.412. The van der Waals surface area contributed by atoms with Crippen molar-refractivity contribution in [1.82, 2.24) is 8.28 Å². The third kappa shape index (κ3) is 5.06. The lowest BCUT2D eigenvalue weighted by atomic mass is 9.67. The Labute approximate surface area is 269 Å². The standard InChI is InChI=1S/C34H37N3O7S2/c1-24-15-17-26(18-16-24)45(40,41)36-28-12-6-5-11-27(28)33-30(36)22-35(46(42,43)32-14-8-7-13-29(32)37(38)39)23-34(33)19-20-44-31(21-34)25-9-3-2-4-10-25/h5-8,11-18,25,31H,2-4,9-10,19-23H2,1H3. The summed E-state index contributed by atoms with van der Waals surface area (Å²) in [6, 6.07) is 19.3. The fourth-order valence-electron chi connectivity index (χ4n) is 8.00. The molecule has 2 atom stereocenters. The lowest BCUT2D eigenvalue weighted by Crippen LogP contribution is -2.53. The van der Waals surface area contributed by atoms with E-state index in [0.29, 0.717) is 36.6 Å². The van der Waals surface area contributed by atoms with Gasteiger partial charge in [0.2, 0.25) is 10.0 Å². The van der Waals surface area contributed by atoms with Crippen LogP contribution < -0.4 is 0 Å². The summed E-state index contributed by atoms with van der Waals surface area (Å²) in [5.41, 5.74) is 1.34. The number of aromatic nitrogens is 1. The van der Waals surface area contributed by atoms with E-state index in [0.717, 1.165) is 42.2 Å². The Balaban J connectivity index is 1.47. The van der Waals surface area contributed by atoms with Crippen molar-refractivity contribution < 1.29 is 26.5 Å². The van der Waals surface area contributed by atoms with Crippen molar-refractivity contribution in [1.29, 1.82) is 0 Å². The molecule has 0 N–H and O–H groups in total. The molecule has 1 aliphatic carbocycles. The van der Waals surface area contributed by atoms with Gasteiger partial charge in [0.1, 0.15) is 0 Å². The monoisotopic (exact) mass is 663 g/mol. The zero-order valence-corrected chi connectivity index (χ0v) is 27.3. The summed E-state index contributed by atoms with van der Waals surface area (Å²) in [7, 11) is -8.59. The van der Waals surface area contributed by atoms with Crippen molar-refractivity contribution in [2.24, 2.45) is 5.92 Å².